The molecule has 1 aromatic heterocycles. The number of piperidine rings is 1. The summed E-state index contributed by atoms with van der Waals surface area (Å²) in [5.74, 6) is 0. The van der Waals surface area contributed by atoms with Gasteiger partial charge in [0.2, 0.25) is 0 Å². The van der Waals surface area contributed by atoms with Crippen molar-refractivity contribution in [3.05, 3.63) is 16.3 Å². The summed E-state index contributed by atoms with van der Waals surface area (Å²) in [6, 6.07) is 2.67. The molecule has 1 aliphatic rings. The van der Waals surface area contributed by atoms with Crippen molar-refractivity contribution in [3.63, 3.8) is 0 Å². The molecule has 1 saturated heterocycles. The van der Waals surface area contributed by atoms with E-state index in [1.807, 2.05) is 6.07 Å². The van der Waals surface area contributed by atoms with Crippen LogP contribution in [0.3, 0.4) is 0 Å². The van der Waals surface area contributed by atoms with Gasteiger partial charge in [-0.3, -0.25) is 0 Å². The van der Waals surface area contributed by atoms with E-state index in [9.17, 15) is 0 Å². The van der Waals surface area contributed by atoms with Crippen molar-refractivity contribution < 1.29 is 0 Å². The highest BCUT2D eigenvalue weighted by atomic mass is 32.1. The van der Waals surface area contributed by atoms with E-state index < -0.39 is 0 Å². The van der Waals surface area contributed by atoms with Gasteiger partial charge in [-0.05, 0) is 50.3 Å². The van der Waals surface area contributed by atoms with Crippen LogP contribution in [0.25, 0.3) is 0 Å². The third-order valence-corrected chi connectivity index (χ3v) is 4.68. The highest BCUT2D eigenvalue weighted by Gasteiger charge is 2.18. The van der Waals surface area contributed by atoms with Crippen molar-refractivity contribution in [1.82, 2.24) is 10.2 Å². The molecule has 18 heavy (non-hydrogen) atoms. The normalized spacial score (nSPS) is 18.3. The number of anilines is 1. The molecule has 3 N–H and O–H groups in total. The van der Waals surface area contributed by atoms with Crippen molar-refractivity contribution in [2.45, 2.75) is 45.2 Å². The first-order valence-corrected chi connectivity index (χ1v) is 7.95. The van der Waals surface area contributed by atoms with Crippen molar-refractivity contribution >= 4 is 17.0 Å². The maximum Gasteiger partial charge on any atom is 0.0468 e. The molecule has 2 rings (SSSR count). The summed E-state index contributed by atoms with van der Waals surface area (Å²) >= 11 is 1.75. The number of likely N-dealkylation sites (tertiary alicyclic amines) is 1. The molecule has 0 amide bonds. The maximum atomic E-state index is 5.90. The minimum atomic E-state index is 0.671. The molecule has 0 atom stereocenters. The average Bonchev–Trinajstić information content (AvgIpc) is 2.81. The zero-order valence-corrected chi connectivity index (χ0v) is 12.1. The van der Waals surface area contributed by atoms with Gasteiger partial charge in [-0.2, -0.15) is 0 Å². The lowest BCUT2D eigenvalue weighted by atomic mass is 10.0. The molecule has 1 fully saturated rings. The van der Waals surface area contributed by atoms with Gasteiger partial charge in [-0.15, -0.1) is 11.3 Å². The molecule has 1 aromatic rings. The summed E-state index contributed by atoms with van der Waals surface area (Å²) in [6.45, 7) is 6.97. The van der Waals surface area contributed by atoms with Crippen LogP contribution in [-0.2, 0) is 6.54 Å². The van der Waals surface area contributed by atoms with Crippen LogP contribution in [-0.4, -0.2) is 30.6 Å². The van der Waals surface area contributed by atoms with E-state index in [4.69, 9.17) is 5.73 Å². The topological polar surface area (TPSA) is 41.3 Å². The molecular formula is C14H25N3S. The Hall–Kier alpha value is -0.580. The Kier molecular flexibility index (Phi) is 5.47. The third-order valence-electron chi connectivity index (χ3n) is 3.75. The summed E-state index contributed by atoms with van der Waals surface area (Å²) in [5.41, 5.74) is 6.83. The van der Waals surface area contributed by atoms with Crippen molar-refractivity contribution in [2.24, 2.45) is 0 Å². The zero-order chi connectivity index (χ0) is 12.8. The van der Waals surface area contributed by atoms with Gasteiger partial charge in [0.1, 0.15) is 0 Å². The first-order chi connectivity index (χ1) is 8.79. The second-order valence-corrected chi connectivity index (χ2v) is 6.15. The van der Waals surface area contributed by atoms with Gasteiger partial charge >= 0.3 is 0 Å². The third kappa shape index (κ3) is 3.97. The minimum Gasteiger partial charge on any atom is -0.398 e. The highest BCUT2D eigenvalue weighted by Crippen LogP contribution is 2.19. The molecular weight excluding hydrogens is 242 g/mol. The van der Waals surface area contributed by atoms with E-state index in [0.29, 0.717) is 6.04 Å². The van der Waals surface area contributed by atoms with Crippen LogP contribution in [0.5, 0.6) is 0 Å². The molecule has 0 saturated carbocycles. The van der Waals surface area contributed by atoms with Crippen LogP contribution in [0.15, 0.2) is 11.4 Å². The minimum absolute atomic E-state index is 0.671. The molecule has 1 aliphatic heterocycles. The number of hydrogen-bond acceptors (Lipinski definition) is 4. The Bertz CT molecular complexity index is 343. The standard InChI is InChI=1S/C14H25N3S/c1-2-3-7-17-8-4-12(5-9-17)16-11-14-13(15)6-10-18-14/h6,10,12,16H,2-5,7-9,11,15H2,1H3. The number of hydrogen-bond donors (Lipinski definition) is 2. The van der Waals surface area contributed by atoms with Gasteiger partial charge in [-0.25, -0.2) is 0 Å². The van der Waals surface area contributed by atoms with E-state index in [0.717, 1.165) is 12.2 Å². The van der Waals surface area contributed by atoms with Crippen LogP contribution < -0.4 is 11.1 Å². The molecule has 4 heteroatoms. The van der Waals surface area contributed by atoms with Gasteiger partial charge in [-0.1, -0.05) is 13.3 Å². The molecule has 3 nitrogen and oxygen atoms in total. The van der Waals surface area contributed by atoms with Crippen LogP contribution >= 0.6 is 11.3 Å². The molecule has 0 spiro atoms. The second kappa shape index (κ2) is 7.12. The average molecular weight is 267 g/mol. The Morgan fingerprint density at radius 2 is 2.22 bits per heavy atom. The summed E-state index contributed by atoms with van der Waals surface area (Å²) in [7, 11) is 0. The Morgan fingerprint density at radius 3 is 2.83 bits per heavy atom. The molecule has 0 radical (unpaired) electrons. The Balaban J connectivity index is 1.66. The zero-order valence-electron chi connectivity index (χ0n) is 11.3. The molecule has 2 heterocycles. The van der Waals surface area contributed by atoms with Gasteiger partial charge < -0.3 is 16.0 Å². The van der Waals surface area contributed by atoms with Crippen molar-refractivity contribution in [2.75, 3.05) is 25.4 Å². The van der Waals surface area contributed by atoms with Gasteiger partial charge in [0.25, 0.3) is 0 Å². The fraction of sp³-hybridized carbons (Fsp3) is 0.714. The molecule has 0 aliphatic carbocycles. The number of rotatable bonds is 6. The fourth-order valence-electron chi connectivity index (χ4n) is 2.47. The number of nitrogen functional groups attached to an aromatic ring is 1. The predicted molar refractivity (Wildman–Crippen MR) is 79.9 cm³/mol. The number of nitrogens with zero attached hydrogens (tertiary/aromatic N) is 1. The van der Waals surface area contributed by atoms with Gasteiger partial charge in [0.05, 0.1) is 0 Å². The van der Waals surface area contributed by atoms with Crippen LogP contribution in [0.4, 0.5) is 5.69 Å². The van der Waals surface area contributed by atoms with E-state index in [1.54, 1.807) is 11.3 Å². The van der Waals surface area contributed by atoms with Gasteiger partial charge in [0, 0.05) is 23.2 Å². The van der Waals surface area contributed by atoms with Gasteiger partial charge in [0.15, 0.2) is 0 Å². The molecule has 102 valence electrons. The largest absolute Gasteiger partial charge is 0.398 e. The van der Waals surface area contributed by atoms with Crippen LogP contribution in [0.1, 0.15) is 37.5 Å². The first-order valence-electron chi connectivity index (χ1n) is 7.07. The van der Waals surface area contributed by atoms with E-state index in [1.165, 1.54) is 50.2 Å². The molecule has 0 aromatic carbocycles. The smallest absolute Gasteiger partial charge is 0.0468 e. The SMILES string of the molecule is CCCCN1CCC(NCc2sccc2N)CC1. The predicted octanol–water partition coefficient (Wildman–Crippen LogP) is 2.68. The van der Waals surface area contributed by atoms with Crippen LogP contribution in [0.2, 0.25) is 0 Å². The lowest BCUT2D eigenvalue weighted by molar-refractivity contribution is 0.195. The fourth-order valence-corrected chi connectivity index (χ4v) is 3.22. The van der Waals surface area contributed by atoms with Crippen molar-refractivity contribution in [3.8, 4) is 0 Å². The van der Waals surface area contributed by atoms with Crippen molar-refractivity contribution in [1.29, 1.82) is 0 Å². The van der Waals surface area contributed by atoms with E-state index in [2.05, 4.69) is 22.5 Å². The molecule has 0 bridgehead atoms. The van der Waals surface area contributed by atoms with E-state index >= 15 is 0 Å². The maximum absolute atomic E-state index is 5.90. The lowest BCUT2D eigenvalue weighted by Crippen LogP contribution is -2.42. The second-order valence-electron chi connectivity index (χ2n) is 5.15. The number of thiophene rings is 1. The first kappa shape index (κ1) is 13.8. The highest BCUT2D eigenvalue weighted by molar-refractivity contribution is 7.10. The summed E-state index contributed by atoms with van der Waals surface area (Å²) in [4.78, 5) is 3.88. The summed E-state index contributed by atoms with van der Waals surface area (Å²) in [5, 5.41) is 5.71. The number of nitrogens with one attached hydrogen (secondary N) is 1. The van der Waals surface area contributed by atoms with E-state index in [-0.39, 0.29) is 0 Å². The number of unbranched alkanes of at least 4 members (excludes halogenated alkanes) is 1. The quantitative estimate of drug-likeness (QED) is 0.832. The monoisotopic (exact) mass is 267 g/mol. The lowest BCUT2D eigenvalue weighted by Gasteiger charge is -2.32. The summed E-state index contributed by atoms with van der Waals surface area (Å²) < 4.78 is 0. The summed E-state index contributed by atoms with van der Waals surface area (Å²) in [6.07, 6.45) is 5.18. The Morgan fingerprint density at radius 1 is 1.44 bits per heavy atom. The van der Waals surface area contributed by atoms with Crippen LogP contribution in [0, 0.1) is 0 Å². The molecule has 0 unspecified atom stereocenters. The Labute approximate surface area is 114 Å². The number of nitrogens with two attached hydrogens (primary N) is 1.